The first-order chi connectivity index (χ1) is 18.0. The van der Waals surface area contributed by atoms with Crippen molar-refractivity contribution in [3.63, 3.8) is 0 Å². The highest BCUT2D eigenvalue weighted by atomic mass is 16.3. The van der Waals surface area contributed by atoms with Crippen LogP contribution in [0.15, 0.2) is 53.3 Å². The first-order valence-corrected chi connectivity index (χ1v) is 11.9. The number of fused-ring (bicyclic) bond motifs is 3. The third-order valence-electron chi connectivity index (χ3n) is 5.61. The van der Waals surface area contributed by atoms with Crippen molar-refractivity contribution in [2.75, 3.05) is 23.7 Å². The average molecular weight is 504 g/mol. The molecule has 37 heavy (non-hydrogen) atoms. The van der Waals surface area contributed by atoms with Gasteiger partial charge >= 0.3 is 6.03 Å². The minimum Gasteiger partial charge on any atom is -0.461 e. The second kappa shape index (κ2) is 10.5. The third-order valence-corrected chi connectivity index (χ3v) is 5.61. The monoisotopic (exact) mass is 503 g/mol. The fourth-order valence-corrected chi connectivity index (χ4v) is 3.84. The molecule has 0 unspecified atom stereocenters. The summed E-state index contributed by atoms with van der Waals surface area (Å²) >= 11 is 0. The Balaban J connectivity index is 1.29. The van der Waals surface area contributed by atoms with E-state index in [4.69, 9.17) is 4.42 Å². The number of nitrogens with zero attached hydrogens (tertiary/aromatic N) is 6. The summed E-state index contributed by atoms with van der Waals surface area (Å²) in [6, 6.07) is 10.0. The van der Waals surface area contributed by atoms with E-state index in [2.05, 4.69) is 41.8 Å². The summed E-state index contributed by atoms with van der Waals surface area (Å²) in [4.78, 5) is 33.9. The Morgan fingerprint density at radius 1 is 1.05 bits per heavy atom. The predicted molar refractivity (Wildman–Crippen MR) is 136 cm³/mol. The number of quaternary nitrogens is 1. The minimum absolute atomic E-state index is 0.0377. The van der Waals surface area contributed by atoms with E-state index in [1.54, 1.807) is 54.3 Å². The molecule has 3 amide bonds. The van der Waals surface area contributed by atoms with Gasteiger partial charge in [0.25, 0.3) is 0 Å². The molecule has 6 N–H and O–H groups in total. The Morgan fingerprint density at radius 2 is 1.89 bits per heavy atom. The van der Waals surface area contributed by atoms with Crippen LogP contribution in [0.1, 0.15) is 18.4 Å². The molecule has 0 radical (unpaired) electrons. The number of carbonyl (C=O) groups is 2. The zero-order valence-electron chi connectivity index (χ0n) is 20.3. The lowest BCUT2D eigenvalue weighted by atomic mass is 10.1. The summed E-state index contributed by atoms with van der Waals surface area (Å²) in [5.74, 6) is 0.956. The fourth-order valence-electron chi connectivity index (χ4n) is 3.84. The van der Waals surface area contributed by atoms with Crippen LogP contribution >= 0.6 is 0 Å². The van der Waals surface area contributed by atoms with Gasteiger partial charge in [0.1, 0.15) is 0 Å². The number of benzene rings is 1. The summed E-state index contributed by atoms with van der Waals surface area (Å²) in [6.07, 6.45) is 5.50. The number of rotatable bonds is 9. The van der Waals surface area contributed by atoms with Crippen LogP contribution in [0.2, 0.25) is 0 Å². The van der Waals surface area contributed by atoms with Crippen molar-refractivity contribution in [3.8, 4) is 11.6 Å². The van der Waals surface area contributed by atoms with Crippen molar-refractivity contribution < 1.29 is 19.7 Å². The third kappa shape index (κ3) is 5.41. The largest absolute Gasteiger partial charge is 0.461 e. The maximum Gasteiger partial charge on any atom is 0.326 e. The molecule has 1 aromatic carbocycles. The van der Waals surface area contributed by atoms with Gasteiger partial charge in [-0.1, -0.05) is 12.1 Å². The molecule has 0 saturated carbocycles. The molecular weight excluding hydrogens is 476 g/mol. The molecule has 13 heteroatoms. The molecule has 0 spiro atoms. The summed E-state index contributed by atoms with van der Waals surface area (Å²) in [7, 11) is 1.78. The van der Waals surface area contributed by atoms with Gasteiger partial charge in [0, 0.05) is 25.5 Å². The van der Waals surface area contributed by atoms with Crippen molar-refractivity contribution in [2.45, 2.75) is 19.3 Å². The number of carbonyl (C=O) groups excluding carboxylic acids is 2. The topological polar surface area (TPSA) is 172 Å². The average Bonchev–Trinajstić information content (AvgIpc) is 3.62. The van der Waals surface area contributed by atoms with E-state index in [1.807, 2.05) is 0 Å². The molecule has 0 saturated heterocycles. The molecule has 0 fully saturated rings. The molecule has 13 nitrogen and oxygen atoms in total. The van der Waals surface area contributed by atoms with Crippen molar-refractivity contribution in [1.29, 1.82) is 0 Å². The van der Waals surface area contributed by atoms with Crippen molar-refractivity contribution in [1.82, 2.24) is 34.7 Å². The lowest BCUT2D eigenvalue weighted by molar-refractivity contribution is -0.368. The number of furan rings is 1. The van der Waals surface area contributed by atoms with Crippen LogP contribution in [0.3, 0.4) is 0 Å². The normalized spacial score (nSPS) is 11.2. The van der Waals surface area contributed by atoms with Gasteiger partial charge in [-0.05, 0) is 42.7 Å². The lowest BCUT2D eigenvalue weighted by Crippen LogP contribution is -2.50. The van der Waals surface area contributed by atoms with E-state index in [9.17, 15) is 9.59 Å². The minimum atomic E-state index is -0.518. The van der Waals surface area contributed by atoms with Crippen LogP contribution in [-0.4, -0.2) is 54.4 Å². The summed E-state index contributed by atoms with van der Waals surface area (Å²) < 4.78 is 8.49. The van der Waals surface area contributed by atoms with E-state index in [1.165, 1.54) is 10.8 Å². The zero-order valence-corrected chi connectivity index (χ0v) is 20.3. The van der Waals surface area contributed by atoms with Crippen LogP contribution in [0.4, 0.5) is 16.4 Å². The smallest absolute Gasteiger partial charge is 0.326 e. The number of hydrogen-bond acceptors (Lipinski definition) is 7. The Labute approximate surface area is 211 Å². The Morgan fingerprint density at radius 3 is 2.65 bits per heavy atom. The quantitative estimate of drug-likeness (QED) is 0.221. The molecule has 0 aliphatic carbocycles. The van der Waals surface area contributed by atoms with Crippen LogP contribution in [-0.2, 0) is 18.3 Å². The number of urea groups is 1. The molecular formula is C24H27N10O3+. The molecule has 4 aromatic heterocycles. The van der Waals surface area contributed by atoms with Crippen molar-refractivity contribution in [2.24, 2.45) is 7.05 Å². The molecule has 5 rings (SSSR count). The predicted octanol–water partition coefficient (Wildman–Crippen LogP) is 1.60. The number of aryl methyl sites for hydroxylation is 1. The Bertz CT molecular complexity index is 1540. The van der Waals surface area contributed by atoms with Gasteiger partial charge in [-0.15, -0.1) is 5.10 Å². The van der Waals surface area contributed by atoms with Crippen LogP contribution < -0.4 is 21.7 Å². The van der Waals surface area contributed by atoms with Gasteiger partial charge in [-0.2, -0.15) is 14.6 Å². The van der Waals surface area contributed by atoms with Gasteiger partial charge in [0.15, 0.2) is 17.1 Å². The summed E-state index contributed by atoms with van der Waals surface area (Å²) in [5, 5.41) is 17.9. The van der Waals surface area contributed by atoms with E-state index < -0.39 is 6.03 Å². The van der Waals surface area contributed by atoms with Gasteiger partial charge in [-0.3, -0.25) is 14.8 Å². The number of unbranched alkanes of at least 4 members (excludes halogenated alkanes) is 1. The molecule has 190 valence electrons. The van der Waals surface area contributed by atoms with E-state index in [0.29, 0.717) is 40.5 Å². The van der Waals surface area contributed by atoms with Crippen molar-refractivity contribution in [3.05, 3.63) is 54.4 Å². The summed E-state index contributed by atoms with van der Waals surface area (Å²) in [5.41, 5.74) is 6.09. The van der Waals surface area contributed by atoms with Crippen LogP contribution in [0.25, 0.3) is 28.3 Å². The lowest BCUT2D eigenvalue weighted by Gasteiger charge is -2.09. The number of nitrogens with one attached hydrogen (secondary N) is 3. The van der Waals surface area contributed by atoms with Gasteiger partial charge in [0.05, 0.1) is 24.6 Å². The van der Waals surface area contributed by atoms with E-state index in [0.717, 1.165) is 24.9 Å². The van der Waals surface area contributed by atoms with Crippen LogP contribution in [0.5, 0.6) is 0 Å². The van der Waals surface area contributed by atoms with E-state index in [-0.39, 0.29) is 18.3 Å². The molecule has 0 bridgehead atoms. The highest BCUT2D eigenvalue weighted by Crippen LogP contribution is 2.24. The maximum absolute atomic E-state index is 12.8. The maximum atomic E-state index is 12.8. The van der Waals surface area contributed by atoms with Gasteiger partial charge in [0.2, 0.25) is 17.7 Å². The zero-order chi connectivity index (χ0) is 25.8. The Kier molecular flexibility index (Phi) is 6.76. The van der Waals surface area contributed by atoms with Gasteiger partial charge in [-0.25, -0.2) is 9.78 Å². The summed E-state index contributed by atoms with van der Waals surface area (Å²) in [6.45, 7) is 1.51. The van der Waals surface area contributed by atoms with Gasteiger partial charge < -0.3 is 20.8 Å². The second-order valence-electron chi connectivity index (χ2n) is 8.49. The second-order valence-corrected chi connectivity index (χ2v) is 8.49. The Hall–Kier alpha value is -4.78. The first-order valence-electron chi connectivity index (χ1n) is 11.9. The highest BCUT2D eigenvalue weighted by Gasteiger charge is 2.19. The highest BCUT2D eigenvalue weighted by molar-refractivity contribution is 6.00. The number of aromatic nitrogens is 6. The molecule has 4 heterocycles. The number of amides is 3. The SMILES string of the molecule is Cn1cc2c(nc(NC(=O)Nc3ccc(CC(=O)NCCCC[NH3+])cc3)n3nc(-c4ccco4)nc23)n1. The molecule has 0 aliphatic heterocycles. The van der Waals surface area contributed by atoms with Crippen LogP contribution in [0, 0.1) is 0 Å². The number of anilines is 2. The standard InChI is InChI=1S/C24H26N10O3/c1-33-14-17-20(31-33)29-23(34-22(17)28-21(32-34)18-5-4-12-37-18)30-24(36)27-16-8-6-15(7-9-16)13-19(35)26-11-3-2-10-25/h4-9,12,14H,2-3,10-11,13,25H2,1H3,(H,26,35)(H2,27,29,30,31,36)/p+1. The molecule has 0 aliphatic rings. The number of hydrogen-bond donors (Lipinski definition) is 4. The molecule has 5 aromatic rings. The molecule has 0 atom stereocenters. The van der Waals surface area contributed by atoms with E-state index >= 15 is 0 Å². The van der Waals surface area contributed by atoms with Crippen molar-refractivity contribution >= 4 is 40.3 Å². The first kappa shape index (κ1) is 23.9. The fraction of sp³-hybridized carbons (Fsp3) is 0.250.